The van der Waals surface area contributed by atoms with Crippen LogP contribution < -0.4 is 14.8 Å². The fourth-order valence-electron chi connectivity index (χ4n) is 4.09. The van der Waals surface area contributed by atoms with Crippen LogP contribution in [0.2, 0.25) is 0 Å². The third-order valence-electron chi connectivity index (χ3n) is 5.56. The van der Waals surface area contributed by atoms with Crippen molar-refractivity contribution in [3.8, 4) is 11.5 Å². The minimum absolute atomic E-state index is 0.312. The molecule has 1 aromatic carbocycles. The summed E-state index contributed by atoms with van der Waals surface area (Å²) in [6.45, 7) is 6.44. The monoisotopic (exact) mass is 389 g/mol. The fourth-order valence-corrected chi connectivity index (χ4v) is 4.09. The normalized spacial score (nSPS) is 20.6. The molecule has 1 atom stereocenters. The lowest BCUT2D eigenvalue weighted by Crippen LogP contribution is -2.40. The Labute approximate surface area is 169 Å². The number of hydrogen-bond donors (Lipinski definition) is 1. The number of hydrogen-bond acceptors (Lipinski definition) is 4. The summed E-state index contributed by atoms with van der Waals surface area (Å²) in [4.78, 5) is 7.22. The highest BCUT2D eigenvalue weighted by molar-refractivity contribution is 5.80. The highest BCUT2D eigenvalue weighted by atomic mass is 16.5. The van der Waals surface area contributed by atoms with Crippen molar-refractivity contribution in [3.63, 3.8) is 0 Å². The van der Waals surface area contributed by atoms with Gasteiger partial charge in [0.05, 0.1) is 26.4 Å². The zero-order valence-electron chi connectivity index (χ0n) is 17.6. The number of ether oxygens (including phenoxy) is 3. The van der Waals surface area contributed by atoms with Crippen molar-refractivity contribution in [1.82, 2.24) is 10.2 Å². The third kappa shape index (κ3) is 5.53. The minimum atomic E-state index is 0.312. The zero-order chi connectivity index (χ0) is 19.8. The molecule has 1 aliphatic carbocycles. The number of nitrogens with zero attached hydrogens (tertiary/aromatic N) is 2. The van der Waals surface area contributed by atoms with Crippen molar-refractivity contribution < 1.29 is 14.2 Å². The molecule has 3 rings (SSSR count). The van der Waals surface area contributed by atoms with Gasteiger partial charge in [-0.25, -0.2) is 4.99 Å². The second-order valence-corrected chi connectivity index (χ2v) is 7.74. The van der Waals surface area contributed by atoms with Gasteiger partial charge in [-0.3, -0.25) is 0 Å². The molecule has 0 amide bonds. The van der Waals surface area contributed by atoms with Crippen molar-refractivity contribution in [1.29, 1.82) is 0 Å². The van der Waals surface area contributed by atoms with Gasteiger partial charge in [0.15, 0.2) is 17.5 Å². The van der Waals surface area contributed by atoms with Gasteiger partial charge in [0.2, 0.25) is 0 Å². The topological polar surface area (TPSA) is 55.3 Å². The molecule has 2 fully saturated rings. The number of benzene rings is 1. The van der Waals surface area contributed by atoms with Gasteiger partial charge in [0, 0.05) is 32.7 Å². The van der Waals surface area contributed by atoms with Crippen LogP contribution in [0.5, 0.6) is 11.5 Å². The first-order valence-electron chi connectivity index (χ1n) is 10.6. The molecule has 6 nitrogen and oxygen atoms in total. The van der Waals surface area contributed by atoms with Crippen LogP contribution in [0.25, 0.3) is 0 Å². The standard InChI is InChI=1S/C22H35N3O3/c1-4-23-22(25-12-11-18(15-25)16-26-2)24-14-17-9-10-20(27-3)21(13-17)28-19-7-5-6-8-19/h9-10,13,18-19H,4-8,11-12,14-16H2,1-3H3,(H,23,24). The van der Waals surface area contributed by atoms with Crippen molar-refractivity contribution in [3.05, 3.63) is 23.8 Å². The van der Waals surface area contributed by atoms with E-state index in [1.54, 1.807) is 14.2 Å². The van der Waals surface area contributed by atoms with Gasteiger partial charge in [-0.1, -0.05) is 6.07 Å². The van der Waals surface area contributed by atoms with E-state index >= 15 is 0 Å². The molecule has 1 aliphatic heterocycles. The Morgan fingerprint density at radius 2 is 2.00 bits per heavy atom. The molecule has 156 valence electrons. The SMILES string of the molecule is CCNC(=NCc1ccc(OC)c(OC2CCCC2)c1)N1CCC(COC)C1. The van der Waals surface area contributed by atoms with E-state index in [9.17, 15) is 0 Å². The molecular formula is C22H35N3O3. The highest BCUT2D eigenvalue weighted by Gasteiger charge is 2.24. The minimum Gasteiger partial charge on any atom is -0.493 e. The lowest BCUT2D eigenvalue weighted by Gasteiger charge is -2.22. The summed E-state index contributed by atoms with van der Waals surface area (Å²) in [5.41, 5.74) is 1.14. The van der Waals surface area contributed by atoms with Crippen LogP contribution >= 0.6 is 0 Å². The van der Waals surface area contributed by atoms with E-state index in [4.69, 9.17) is 19.2 Å². The number of aliphatic imine (C=N–C) groups is 1. The average molecular weight is 390 g/mol. The Morgan fingerprint density at radius 3 is 2.71 bits per heavy atom. The Morgan fingerprint density at radius 1 is 1.18 bits per heavy atom. The van der Waals surface area contributed by atoms with Crippen molar-refractivity contribution in [2.75, 3.05) is 40.5 Å². The van der Waals surface area contributed by atoms with E-state index in [-0.39, 0.29) is 0 Å². The van der Waals surface area contributed by atoms with Crippen LogP contribution in [0.1, 0.15) is 44.6 Å². The van der Waals surface area contributed by atoms with Gasteiger partial charge in [0.25, 0.3) is 0 Å². The molecule has 0 radical (unpaired) electrons. The maximum atomic E-state index is 6.22. The first-order valence-corrected chi connectivity index (χ1v) is 10.6. The molecule has 1 saturated heterocycles. The van der Waals surface area contributed by atoms with E-state index in [0.29, 0.717) is 18.6 Å². The highest BCUT2D eigenvalue weighted by Crippen LogP contribution is 2.32. The van der Waals surface area contributed by atoms with E-state index in [1.807, 2.05) is 6.07 Å². The average Bonchev–Trinajstić information content (AvgIpc) is 3.38. The maximum Gasteiger partial charge on any atom is 0.194 e. The van der Waals surface area contributed by atoms with Crippen LogP contribution in [0.3, 0.4) is 0 Å². The molecule has 0 bridgehead atoms. The Balaban J connectivity index is 1.67. The van der Waals surface area contributed by atoms with Gasteiger partial charge in [0.1, 0.15) is 0 Å². The first-order chi connectivity index (χ1) is 13.7. The first kappa shape index (κ1) is 20.8. The van der Waals surface area contributed by atoms with Gasteiger partial charge >= 0.3 is 0 Å². The van der Waals surface area contributed by atoms with Crippen LogP contribution in [-0.4, -0.2) is 57.4 Å². The number of nitrogens with one attached hydrogen (secondary N) is 1. The lowest BCUT2D eigenvalue weighted by atomic mass is 10.1. The van der Waals surface area contributed by atoms with Gasteiger partial charge in [-0.05, 0) is 56.7 Å². The van der Waals surface area contributed by atoms with Gasteiger partial charge in [-0.2, -0.15) is 0 Å². The molecular weight excluding hydrogens is 354 g/mol. The predicted molar refractivity (Wildman–Crippen MR) is 112 cm³/mol. The van der Waals surface area contributed by atoms with Crippen LogP contribution in [0, 0.1) is 5.92 Å². The molecule has 28 heavy (non-hydrogen) atoms. The Kier molecular flexibility index (Phi) is 7.83. The molecule has 1 N–H and O–H groups in total. The van der Waals surface area contributed by atoms with Crippen LogP contribution in [0.4, 0.5) is 0 Å². The van der Waals surface area contributed by atoms with E-state index in [1.165, 1.54) is 12.8 Å². The summed E-state index contributed by atoms with van der Waals surface area (Å²) in [5, 5.41) is 3.43. The van der Waals surface area contributed by atoms with Crippen molar-refractivity contribution >= 4 is 5.96 Å². The van der Waals surface area contributed by atoms with Gasteiger partial charge in [-0.15, -0.1) is 0 Å². The third-order valence-corrected chi connectivity index (χ3v) is 5.56. The number of methoxy groups -OCH3 is 2. The Bertz CT molecular complexity index is 644. The largest absolute Gasteiger partial charge is 0.493 e. The molecule has 2 aliphatic rings. The summed E-state index contributed by atoms with van der Waals surface area (Å²) in [7, 11) is 3.47. The fraction of sp³-hybridized carbons (Fsp3) is 0.682. The smallest absolute Gasteiger partial charge is 0.194 e. The quantitative estimate of drug-likeness (QED) is 0.545. The van der Waals surface area contributed by atoms with Crippen molar-refractivity contribution in [2.24, 2.45) is 10.9 Å². The van der Waals surface area contributed by atoms with Crippen LogP contribution in [0.15, 0.2) is 23.2 Å². The molecule has 1 heterocycles. The number of likely N-dealkylation sites (tertiary alicyclic amines) is 1. The van der Waals surface area contributed by atoms with E-state index in [0.717, 1.165) is 68.5 Å². The van der Waals surface area contributed by atoms with Gasteiger partial charge < -0.3 is 24.4 Å². The molecule has 6 heteroatoms. The van der Waals surface area contributed by atoms with Crippen molar-refractivity contribution in [2.45, 2.75) is 51.7 Å². The molecule has 1 aromatic rings. The molecule has 1 saturated carbocycles. The second-order valence-electron chi connectivity index (χ2n) is 7.74. The molecule has 0 spiro atoms. The number of guanidine groups is 1. The number of rotatable bonds is 8. The lowest BCUT2D eigenvalue weighted by molar-refractivity contribution is 0.157. The van der Waals surface area contributed by atoms with Crippen LogP contribution in [-0.2, 0) is 11.3 Å². The molecule has 0 aromatic heterocycles. The van der Waals surface area contributed by atoms with E-state index < -0.39 is 0 Å². The summed E-state index contributed by atoms with van der Waals surface area (Å²) in [6.07, 6.45) is 6.24. The maximum absolute atomic E-state index is 6.22. The summed E-state index contributed by atoms with van der Waals surface area (Å²) in [5.74, 6) is 3.21. The predicted octanol–water partition coefficient (Wildman–Crippen LogP) is 3.45. The van der Waals surface area contributed by atoms with E-state index in [2.05, 4.69) is 29.3 Å². The summed E-state index contributed by atoms with van der Waals surface area (Å²) < 4.78 is 17.0. The summed E-state index contributed by atoms with van der Waals surface area (Å²) in [6, 6.07) is 6.15. The summed E-state index contributed by atoms with van der Waals surface area (Å²) >= 11 is 0. The Hall–Kier alpha value is -1.95. The zero-order valence-corrected chi connectivity index (χ0v) is 17.6. The molecule has 1 unspecified atom stereocenters. The second kappa shape index (κ2) is 10.6.